The molecule has 76 valence electrons. The van der Waals surface area contributed by atoms with E-state index < -0.39 is 11.9 Å². The molecule has 0 bridgehead atoms. The molecule has 0 unspecified atom stereocenters. The number of rotatable bonds is 4. The van der Waals surface area contributed by atoms with Gasteiger partial charge in [-0.25, -0.2) is 4.39 Å². The zero-order valence-electron chi connectivity index (χ0n) is 8.03. The van der Waals surface area contributed by atoms with E-state index in [-0.39, 0.29) is 12.2 Å². The minimum atomic E-state index is -0.865. The quantitative estimate of drug-likeness (QED) is 0.803. The lowest BCUT2D eigenvalue weighted by Crippen LogP contribution is -2.15. The van der Waals surface area contributed by atoms with Crippen molar-refractivity contribution < 1.29 is 14.3 Å². The molecule has 0 radical (unpaired) electrons. The summed E-state index contributed by atoms with van der Waals surface area (Å²) in [7, 11) is 0. The monoisotopic (exact) mass is 196 g/mol. The van der Waals surface area contributed by atoms with Crippen LogP contribution in [0.25, 0.3) is 0 Å². The molecule has 0 aliphatic heterocycles. The van der Waals surface area contributed by atoms with Gasteiger partial charge in [0.05, 0.1) is 5.92 Å². The van der Waals surface area contributed by atoms with Crippen molar-refractivity contribution in [3.8, 4) is 0 Å². The maximum atomic E-state index is 13.2. The van der Waals surface area contributed by atoms with Crippen LogP contribution in [-0.2, 0) is 11.2 Å². The maximum absolute atomic E-state index is 13.2. The van der Waals surface area contributed by atoms with Crippen LogP contribution >= 0.6 is 0 Å². The number of benzene rings is 1. The van der Waals surface area contributed by atoms with Crippen molar-refractivity contribution >= 4 is 5.97 Å². The van der Waals surface area contributed by atoms with Crippen LogP contribution in [0, 0.1) is 11.7 Å². The Morgan fingerprint density at radius 1 is 1.50 bits per heavy atom. The van der Waals surface area contributed by atoms with Crippen LogP contribution in [0.1, 0.15) is 18.9 Å². The van der Waals surface area contributed by atoms with Gasteiger partial charge in [-0.1, -0.05) is 25.1 Å². The average Bonchev–Trinajstić information content (AvgIpc) is 2.16. The van der Waals surface area contributed by atoms with Gasteiger partial charge in [0.25, 0.3) is 0 Å². The fraction of sp³-hybridized carbons (Fsp3) is 0.364. The molecule has 1 N–H and O–H groups in total. The van der Waals surface area contributed by atoms with Crippen LogP contribution in [0.15, 0.2) is 24.3 Å². The van der Waals surface area contributed by atoms with Crippen LogP contribution in [0.2, 0.25) is 0 Å². The van der Waals surface area contributed by atoms with E-state index >= 15 is 0 Å². The number of hydrogen-bond donors (Lipinski definition) is 1. The highest BCUT2D eigenvalue weighted by Crippen LogP contribution is 2.15. The summed E-state index contributed by atoms with van der Waals surface area (Å²) in [5.41, 5.74) is 0.474. The number of aliphatic carboxylic acids is 1. The van der Waals surface area contributed by atoms with E-state index in [9.17, 15) is 9.18 Å². The zero-order valence-corrected chi connectivity index (χ0v) is 8.03. The van der Waals surface area contributed by atoms with Crippen molar-refractivity contribution in [2.75, 3.05) is 0 Å². The third-order valence-electron chi connectivity index (χ3n) is 2.27. The minimum absolute atomic E-state index is 0.262. The van der Waals surface area contributed by atoms with Gasteiger partial charge in [-0.2, -0.15) is 0 Å². The molecule has 1 rings (SSSR count). The normalized spacial score (nSPS) is 12.4. The lowest BCUT2D eigenvalue weighted by Gasteiger charge is -2.09. The zero-order chi connectivity index (χ0) is 10.6. The average molecular weight is 196 g/mol. The van der Waals surface area contributed by atoms with E-state index in [2.05, 4.69) is 0 Å². The smallest absolute Gasteiger partial charge is 0.306 e. The van der Waals surface area contributed by atoms with Gasteiger partial charge in [0.15, 0.2) is 0 Å². The molecule has 1 atom stereocenters. The van der Waals surface area contributed by atoms with Gasteiger partial charge in [0.1, 0.15) is 5.82 Å². The van der Waals surface area contributed by atoms with Gasteiger partial charge in [0, 0.05) is 0 Å². The highest BCUT2D eigenvalue weighted by molar-refractivity contribution is 5.70. The van der Waals surface area contributed by atoms with E-state index in [0.29, 0.717) is 12.0 Å². The first-order valence-electron chi connectivity index (χ1n) is 4.61. The Morgan fingerprint density at radius 2 is 2.14 bits per heavy atom. The highest BCUT2D eigenvalue weighted by Gasteiger charge is 2.16. The van der Waals surface area contributed by atoms with Crippen LogP contribution < -0.4 is 0 Å². The van der Waals surface area contributed by atoms with Gasteiger partial charge in [-0.05, 0) is 24.5 Å². The van der Waals surface area contributed by atoms with E-state index in [1.165, 1.54) is 6.07 Å². The predicted molar refractivity (Wildman–Crippen MR) is 51.5 cm³/mol. The van der Waals surface area contributed by atoms with Crippen molar-refractivity contribution in [2.24, 2.45) is 5.92 Å². The highest BCUT2D eigenvalue weighted by atomic mass is 19.1. The van der Waals surface area contributed by atoms with Crippen molar-refractivity contribution in [1.29, 1.82) is 0 Å². The predicted octanol–water partition coefficient (Wildman–Crippen LogP) is 2.48. The molecule has 0 spiro atoms. The van der Waals surface area contributed by atoms with Crippen LogP contribution in [-0.4, -0.2) is 11.1 Å². The summed E-state index contributed by atoms with van der Waals surface area (Å²) in [6.07, 6.45) is 0.780. The van der Waals surface area contributed by atoms with Gasteiger partial charge in [-0.3, -0.25) is 4.79 Å². The van der Waals surface area contributed by atoms with Crippen molar-refractivity contribution in [2.45, 2.75) is 19.8 Å². The minimum Gasteiger partial charge on any atom is -0.481 e. The molecule has 1 aromatic rings. The number of carboxylic acid groups (broad SMARTS) is 1. The Bertz CT molecular complexity index is 323. The lowest BCUT2D eigenvalue weighted by molar-refractivity contribution is -0.141. The third kappa shape index (κ3) is 2.55. The lowest BCUT2D eigenvalue weighted by atomic mass is 9.97. The van der Waals surface area contributed by atoms with E-state index in [1.54, 1.807) is 25.1 Å². The van der Waals surface area contributed by atoms with Crippen molar-refractivity contribution in [3.63, 3.8) is 0 Å². The second-order valence-electron chi connectivity index (χ2n) is 3.24. The SMILES string of the molecule is CC[C@@H](Cc1ccccc1F)C(=O)O. The van der Waals surface area contributed by atoms with E-state index in [4.69, 9.17) is 5.11 Å². The van der Waals surface area contributed by atoms with Gasteiger partial charge in [-0.15, -0.1) is 0 Å². The summed E-state index contributed by atoms with van der Waals surface area (Å²) in [5.74, 6) is -1.69. The van der Waals surface area contributed by atoms with Crippen LogP contribution in [0.5, 0.6) is 0 Å². The fourth-order valence-corrected chi connectivity index (χ4v) is 1.34. The number of hydrogen-bond acceptors (Lipinski definition) is 1. The molecule has 0 fully saturated rings. The van der Waals surface area contributed by atoms with Crippen LogP contribution in [0.4, 0.5) is 4.39 Å². The summed E-state index contributed by atoms with van der Waals surface area (Å²) < 4.78 is 13.2. The Morgan fingerprint density at radius 3 is 2.64 bits per heavy atom. The largest absolute Gasteiger partial charge is 0.481 e. The van der Waals surface area contributed by atoms with Crippen molar-refractivity contribution in [1.82, 2.24) is 0 Å². The molecule has 0 amide bonds. The molecule has 0 saturated carbocycles. The number of halogens is 1. The summed E-state index contributed by atoms with van der Waals surface area (Å²) in [4.78, 5) is 10.7. The molecule has 0 aliphatic carbocycles. The second kappa shape index (κ2) is 4.74. The Balaban J connectivity index is 2.77. The standard InChI is InChI=1S/C11H13FO2/c1-2-8(11(13)14)7-9-5-3-4-6-10(9)12/h3-6,8H,2,7H2,1H3,(H,13,14)/t8-/m0/s1. The first kappa shape index (κ1) is 10.7. The Kier molecular flexibility index (Phi) is 3.63. The molecule has 0 aromatic heterocycles. The molecule has 1 aromatic carbocycles. The summed E-state index contributed by atoms with van der Waals surface area (Å²) >= 11 is 0. The fourth-order valence-electron chi connectivity index (χ4n) is 1.34. The molecular formula is C11H13FO2. The third-order valence-corrected chi connectivity index (χ3v) is 2.27. The molecule has 2 nitrogen and oxygen atoms in total. The first-order chi connectivity index (χ1) is 6.65. The molecule has 0 saturated heterocycles. The summed E-state index contributed by atoms with van der Waals surface area (Å²) in [6, 6.07) is 6.29. The van der Waals surface area contributed by atoms with Gasteiger partial charge < -0.3 is 5.11 Å². The maximum Gasteiger partial charge on any atom is 0.306 e. The molecule has 0 aliphatic rings. The summed E-state index contributed by atoms with van der Waals surface area (Å²) in [5, 5.41) is 8.80. The van der Waals surface area contributed by atoms with Crippen LogP contribution in [0.3, 0.4) is 0 Å². The second-order valence-corrected chi connectivity index (χ2v) is 3.24. The number of carbonyl (C=O) groups is 1. The molecular weight excluding hydrogens is 183 g/mol. The first-order valence-corrected chi connectivity index (χ1v) is 4.61. The number of carboxylic acids is 1. The molecule has 3 heteroatoms. The van der Waals surface area contributed by atoms with Gasteiger partial charge in [0.2, 0.25) is 0 Å². The molecule has 14 heavy (non-hydrogen) atoms. The summed E-state index contributed by atoms with van der Waals surface area (Å²) in [6.45, 7) is 1.79. The topological polar surface area (TPSA) is 37.3 Å². The Hall–Kier alpha value is -1.38. The van der Waals surface area contributed by atoms with E-state index in [1.807, 2.05) is 0 Å². The van der Waals surface area contributed by atoms with Gasteiger partial charge >= 0.3 is 5.97 Å². The Labute approximate surface area is 82.4 Å². The molecule has 0 heterocycles. The van der Waals surface area contributed by atoms with E-state index in [0.717, 1.165) is 0 Å². The van der Waals surface area contributed by atoms with Crippen molar-refractivity contribution in [3.05, 3.63) is 35.6 Å².